The minimum absolute atomic E-state index is 0.0438. The molecule has 0 bridgehead atoms. The maximum Gasteiger partial charge on any atom is 0.131 e. The molecule has 0 aliphatic carbocycles. The van der Waals surface area contributed by atoms with Gasteiger partial charge in [0.1, 0.15) is 24.3 Å². The third-order valence-electron chi connectivity index (χ3n) is 4.83. The number of benzene rings is 2. The molecule has 2 rings (SSSR count). The predicted molar refractivity (Wildman–Crippen MR) is 102 cm³/mol. The van der Waals surface area contributed by atoms with E-state index in [2.05, 4.69) is 19.2 Å². The van der Waals surface area contributed by atoms with Crippen molar-refractivity contribution in [3.05, 3.63) is 71.8 Å². The Morgan fingerprint density at radius 1 is 0.680 bits per heavy atom. The van der Waals surface area contributed by atoms with Crippen molar-refractivity contribution in [1.29, 1.82) is 0 Å². The van der Waals surface area contributed by atoms with Gasteiger partial charge < -0.3 is 15.5 Å². The first-order valence-electron chi connectivity index (χ1n) is 9.48. The van der Waals surface area contributed by atoms with Gasteiger partial charge in [-0.15, -0.1) is 0 Å². The first kappa shape index (κ1) is 19.6. The summed E-state index contributed by atoms with van der Waals surface area (Å²) in [6.07, 6.45) is 2.79. The van der Waals surface area contributed by atoms with Gasteiger partial charge in [-0.25, -0.2) is 0 Å². The molecular formula is C22H32NO2+. The summed E-state index contributed by atoms with van der Waals surface area (Å²) in [5.74, 6) is 0. The van der Waals surface area contributed by atoms with Gasteiger partial charge in [0.25, 0.3) is 0 Å². The topological polar surface area (TPSA) is 57.1 Å². The zero-order chi connectivity index (χ0) is 18.1. The van der Waals surface area contributed by atoms with Gasteiger partial charge in [0.05, 0.1) is 0 Å². The zero-order valence-corrected chi connectivity index (χ0v) is 15.4. The second kappa shape index (κ2) is 10.3. The summed E-state index contributed by atoms with van der Waals surface area (Å²) in [5.41, 5.74) is 1.89. The van der Waals surface area contributed by atoms with Gasteiger partial charge in [0, 0.05) is 12.8 Å². The van der Waals surface area contributed by atoms with Crippen LogP contribution in [0.25, 0.3) is 0 Å². The molecule has 2 aromatic carbocycles. The molecule has 4 N–H and O–H groups in total. The maximum absolute atomic E-state index is 10.9. The summed E-state index contributed by atoms with van der Waals surface area (Å²) in [7, 11) is 0. The maximum atomic E-state index is 10.9. The molecule has 0 spiro atoms. The highest BCUT2D eigenvalue weighted by Crippen LogP contribution is 2.21. The number of aliphatic hydroxyl groups is 2. The molecule has 4 atom stereocenters. The van der Waals surface area contributed by atoms with Crippen molar-refractivity contribution in [2.75, 3.05) is 0 Å². The van der Waals surface area contributed by atoms with Crippen LogP contribution in [0.1, 0.15) is 62.9 Å². The summed E-state index contributed by atoms with van der Waals surface area (Å²) < 4.78 is 0. The Morgan fingerprint density at radius 2 is 1.04 bits per heavy atom. The van der Waals surface area contributed by atoms with Crippen molar-refractivity contribution in [3.63, 3.8) is 0 Å². The molecule has 3 nitrogen and oxygen atoms in total. The van der Waals surface area contributed by atoms with E-state index in [1.807, 2.05) is 60.7 Å². The minimum Gasteiger partial charge on any atom is -0.382 e. The molecule has 0 saturated heterocycles. The third kappa shape index (κ3) is 5.67. The van der Waals surface area contributed by atoms with E-state index >= 15 is 0 Å². The third-order valence-corrected chi connectivity index (χ3v) is 4.83. The molecule has 0 amide bonds. The van der Waals surface area contributed by atoms with E-state index in [-0.39, 0.29) is 12.1 Å². The van der Waals surface area contributed by atoms with Crippen LogP contribution in [0, 0.1) is 0 Å². The fraction of sp³-hybridized carbons (Fsp3) is 0.455. The highest BCUT2D eigenvalue weighted by Gasteiger charge is 2.31. The Bertz CT molecular complexity index is 534. The van der Waals surface area contributed by atoms with Crippen LogP contribution >= 0.6 is 0 Å². The second-order valence-electron chi connectivity index (χ2n) is 6.81. The average molecular weight is 343 g/mol. The van der Waals surface area contributed by atoms with Gasteiger partial charge in [-0.05, 0) is 11.1 Å². The molecular weight excluding hydrogens is 310 g/mol. The number of aliphatic hydroxyl groups excluding tert-OH is 2. The molecule has 0 saturated carbocycles. The van der Waals surface area contributed by atoms with E-state index in [0.717, 1.165) is 36.8 Å². The van der Waals surface area contributed by atoms with Crippen molar-refractivity contribution in [2.24, 2.45) is 0 Å². The Labute approximate surface area is 151 Å². The van der Waals surface area contributed by atoms with Crippen molar-refractivity contribution >= 4 is 0 Å². The number of nitrogens with two attached hydrogens (primary N) is 1. The molecule has 0 fully saturated rings. The Kier molecular flexibility index (Phi) is 8.13. The van der Waals surface area contributed by atoms with Crippen LogP contribution in [-0.4, -0.2) is 22.3 Å². The minimum atomic E-state index is -0.525. The Balaban J connectivity index is 2.15. The van der Waals surface area contributed by atoms with E-state index in [4.69, 9.17) is 0 Å². The molecule has 0 heterocycles. The normalized spacial score (nSPS) is 16.2. The van der Waals surface area contributed by atoms with Crippen LogP contribution in [0.4, 0.5) is 0 Å². The van der Waals surface area contributed by atoms with Crippen LogP contribution in [0.2, 0.25) is 0 Å². The van der Waals surface area contributed by atoms with Gasteiger partial charge in [-0.1, -0.05) is 87.4 Å². The lowest BCUT2D eigenvalue weighted by molar-refractivity contribution is -0.737. The van der Waals surface area contributed by atoms with Crippen LogP contribution in [-0.2, 0) is 0 Å². The zero-order valence-electron chi connectivity index (χ0n) is 15.4. The number of quaternary nitrogens is 1. The number of hydrogen-bond acceptors (Lipinski definition) is 2. The Morgan fingerprint density at radius 3 is 1.36 bits per heavy atom. The summed E-state index contributed by atoms with van der Waals surface area (Å²) in [6, 6.07) is 19.8. The highest BCUT2D eigenvalue weighted by atomic mass is 16.3. The monoisotopic (exact) mass is 342 g/mol. The quantitative estimate of drug-likeness (QED) is 0.620. The standard InChI is InChI=1S/C22H31NO2/c1-3-11-19(21(24)17-13-7-5-8-14-17)23-20(12-4-2)22(25)18-15-9-6-10-16-18/h5-10,13-16,19-25H,3-4,11-12H2,1-2H3/p+1/t19-,20-,21+,22+/m0/s1. The lowest BCUT2D eigenvalue weighted by atomic mass is 9.93. The molecule has 0 aliphatic heterocycles. The first-order chi connectivity index (χ1) is 12.2. The van der Waals surface area contributed by atoms with E-state index in [9.17, 15) is 10.2 Å². The molecule has 0 aromatic heterocycles. The fourth-order valence-electron chi connectivity index (χ4n) is 3.50. The van der Waals surface area contributed by atoms with Crippen LogP contribution in [0.3, 0.4) is 0 Å². The molecule has 25 heavy (non-hydrogen) atoms. The smallest absolute Gasteiger partial charge is 0.131 e. The number of hydrogen-bond donors (Lipinski definition) is 3. The van der Waals surface area contributed by atoms with Crippen molar-refractivity contribution < 1.29 is 15.5 Å². The second-order valence-corrected chi connectivity index (χ2v) is 6.81. The van der Waals surface area contributed by atoms with Crippen LogP contribution in [0.15, 0.2) is 60.7 Å². The van der Waals surface area contributed by atoms with Gasteiger partial charge in [0.2, 0.25) is 0 Å². The lowest BCUT2D eigenvalue weighted by Crippen LogP contribution is -2.97. The van der Waals surface area contributed by atoms with Gasteiger partial charge in [0.15, 0.2) is 0 Å². The number of rotatable bonds is 10. The summed E-state index contributed by atoms with van der Waals surface area (Å²) in [6.45, 7) is 4.28. The fourth-order valence-corrected chi connectivity index (χ4v) is 3.50. The molecule has 0 aliphatic rings. The van der Waals surface area contributed by atoms with Gasteiger partial charge >= 0.3 is 0 Å². The summed E-state index contributed by atoms with van der Waals surface area (Å²) in [5, 5.41) is 23.9. The van der Waals surface area contributed by atoms with Gasteiger partial charge in [-0.3, -0.25) is 0 Å². The SMILES string of the molecule is CCC[C@H]([NH2+][C@@H](CCC)[C@H](O)c1ccccc1)[C@H](O)c1ccccc1. The van der Waals surface area contributed by atoms with Crippen molar-refractivity contribution in [3.8, 4) is 0 Å². The van der Waals surface area contributed by atoms with Crippen molar-refractivity contribution in [1.82, 2.24) is 0 Å². The van der Waals surface area contributed by atoms with Crippen molar-refractivity contribution in [2.45, 2.75) is 63.8 Å². The lowest BCUT2D eigenvalue weighted by Gasteiger charge is -2.29. The Hall–Kier alpha value is -1.68. The van der Waals surface area contributed by atoms with E-state index in [1.165, 1.54) is 0 Å². The molecule has 0 unspecified atom stereocenters. The van der Waals surface area contributed by atoms with Gasteiger partial charge in [-0.2, -0.15) is 0 Å². The summed E-state index contributed by atoms with van der Waals surface area (Å²) >= 11 is 0. The first-order valence-corrected chi connectivity index (χ1v) is 9.48. The molecule has 136 valence electrons. The largest absolute Gasteiger partial charge is 0.382 e. The summed E-state index contributed by atoms with van der Waals surface area (Å²) in [4.78, 5) is 0. The van der Waals surface area contributed by atoms with E-state index in [1.54, 1.807) is 0 Å². The highest BCUT2D eigenvalue weighted by molar-refractivity contribution is 5.19. The van der Waals surface area contributed by atoms with E-state index < -0.39 is 12.2 Å². The van der Waals surface area contributed by atoms with Crippen LogP contribution in [0.5, 0.6) is 0 Å². The molecule has 2 aromatic rings. The van der Waals surface area contributed by atoms with Crippen LogP contribution < -0.4 is 5.32 Å². The molecule has 0 radical (unpaired) electrons. The predicted octanol–water partition coefficient (Wildman–Crippen LogP) is 3.35. The molecule has 3 heteroatoms. The van der Waals surface area contributed by atoms with E-state index in [0.29, 0.717) is 0 Å². The average Bonchev–Trinajstić information content (AvgIpc) is 2.67.